The molecule has 0 radical (unpaired) electrons. The minimum atomic E-state index is -0.185. The molecule has 0 aromatic heterocycles. The molecule has 1 unspecified atom stereocenters. The first-order valence-electron chi connectivity index (χ1n) is 9.35. The van der Waals surface area contributed by atoms with Crippen molar-refractivity contribution in [1.29, 1.82) is 5.26 Å². The molecule has 0 saturated heterocycles. The number of amides is 3. The van der Waals surface area contributed by atoms with Crippen molar-refractivity contribution in [2.75, 3.05) is 13.1 Å². The van der Waals surface area contributed by atoms with Gasteiger partial charge in [0.25, 0.3) is 0 Å². The fourth-order valence-corrected chi connectivity index (χ4v) is 3.26. The molecule has 1 fully saturated rings. The van der Waals surface area contributed by atoms with E-state index in [1.165, 1.54) is 19.3 Å². The van der Waals surface area contributed by atoms with Crippen molar-refractivity contribution in [3.8, 4) is 6.07 Å². The molecule has 0 bridgehead atoms. The molecule has 0 aliphatic heterocycles. The highest BCUT2D eigenvalue weighted by Gasteiger charge is 2.27. The molecule has 6 heteroatoms. The third-order valence-corrected chi connectivity index (χ3v) is 4.62. The molecule has 1 aliphatic rings. The van der Waals surface area contributed by atoms with Crippen LogP contribution in [0.2, 0.25) is 0 Å². The Morgan fingerprint density at radius 3 is 2.54 bits per heavy atom. The summed E-state index contributed by atoms with van der Waals surface area (Å²) >= 11 is 0. The van der Waals surface area contributed by atoms with Gasteiger partial charge in [-0.05, 0) is 25.2 Å². The second-order valence-corrected chi connectivity index (χ2v) is 6.60. The molecule has 0 spiro atoms. The molecule has 1 aliphatic carbocycles. The van der Waals surface area contributed by atoms with E-state index in [0.29, 0.717) is 12.5 Å². The molecule has 24 heavy (non-hydrogen) atoms. The van der Waals surface area contributed by atoms with Crippen LogP contribution in [-0.4, -0.2) is 31.1 Å². The summed E-state index contributed by atoms with van der Waals surface area (Å²) in [5, 5.41) is 17.0. The van der Waals surface area contributed by atoms with Crippen LogP contribution < -0.4 is 16.0 Å². The third kappa shape index (κ3) is 8.76. The lowest BCUT2D eigenvalue weighted by Gasteiger charge is -2.30. The van der Waals surface area contributed by atoms with Crippen molar-refractivity contribution >= 4 is 11.9 Å². The zero-order valence-corrected chi connectivity index (χ0v) is 14.9. The van der Waals surface area contributed by atoms with Crippen molar-refractivity contribution in [3.05, 3.63) is 0 Å². The maximum absolute atomic E-state index is 12.1. The van der Waals surface area contributed by atoms with Gasteiger partial charge in [0.2, 0.25) is 5.91 Å². The topological polar surface area (TPSA) is 94.0 Å². The number of nitriles is 1. The van der Waals surface area contributed by atoms with Crippen LogP contribution in [-0.2, 0) is 4.79 Å². The smallest absolute Gasteiger partial charge is 0.315 e. The molecule has 6 nitrogen and oxygen atoms in total. The zero-order valence-electron chi connectivity index (χ0n) is 14.9. The van der Waals surface area contributed by atoms with Gasteiger partial charge in [-0.1, -0.05) is 45.4 Å². The van der Waals surface area contributed by atoms with Crippen molar-refractivity contribution in [3.63, 3.8) is 0 Å². The second kappa shape index (κ2) is 12.6. The van der Waals surface area contributed by atoms with Crippen molar-refractivity contribution in [1.82, 2.24) is 16.0 Å². The van der Waals surface area contributed by atoms with Gasteiger partial charge in [0.05, 0.1) is 6.07 Å². The lowest BCUT2D eigenvalue weighted by Crippen LogP contribution is -2.48. The van der Waals surface area contributed by atoms with E-state index in [2.05, 4.69) is 22.9 Å². The second-order valence-electron chi connectivity index (χ2n) is 6.60. The highest BCUT2D eigenvalue weighted by atomic mass is 16.2. The Balaban J connectivity index is 2.43. The van der Waals surface area contributed by atoms with Crippen LogP contribution in [0.25, 0.3) is 0 Å². The number of carbonyl (C=O) groups excluding carboxylic acids is 2. The van der Waals surface area contributed by atoms with E-state index < -0.39 is 0 Å². The van der Waals surface area contributed by atoms with E-state index >= 15 is 0 Å². The van der Waals surface area contributed by atoms with Gasteiger partial charge in [-0.25, -0.2) is 4.79 Å². The fraction of sp³-hybridized carbons (Fsp3) is 0.833. The highest BCUT2D eigenvalue weighted by molar-refractivity contribution is 5.79. The average molecular weight is 336 g/mol. The number of hydrogen-bond donors (Lipinski definition) is 3. The lowest BCUT2D eigenvalue weighted by molar-refractivity contribution is -0.121. The van der Waals surface area contributed by atoms with E-state index in [1.54, 1.807) is 0 Å². The van der Waals surface area contributed by atoms with Crippen molar-refractivity contribution in [2.24, 2.45) is 5.92 Å². The van der Waals surface area contributed by atoms with Gasteiger partial charge in [0.15, 0.2) is 0 Å². The summed E-state index contributed by atoms with van der Waals surface area (Å²) in [7, 11) is 0. The molecular formula is C18H32N4O2. The molecule has 0 aromatic rings. The summed E-state index contributed by atoms with van der Waals surface area (Å²) in [6.07, 6.45) is 10.4. The van der Waals surface area contributed by atoms with Gasteiger partial charge in [-0.15, -0.1) is 0 Å². The maximum Gasteiger partial charge on any atom is 0.315 e. The number of carbonyl (C=O) groups is 2. The van der Waals surface area contributed by atoms with Gasteiger partial charge in [0, 0.05) is 19.0 Å². The number of unbranched alkanes of at least 4 members (excludes halogenated alkanes) is 3. The van der Waals surface area contributed by atoms with Crippen LogP contribution in [0.1, 0.15) is 71.1 Å². The Bertz CT molecular complexity index is 414. The Kier molecular flexibility index (Phi) is 10.7. The van der Waals surface area contributed by atoms with Gasteiger partial charge in [0.1, 0.15) is 6.54 Å². The molecule has 3 N–H and O–H groups in total. The first kappa shape index (κ1) is 20.3. The highest BCUT2D eigenvalue weighted by Crippen LogP contribution is 2.27. The van der Waals surface area contributed by atoms with E-state index in [-0.39, 0.29) is 30.9 Å². The predicted molar refractivity (Wildman–Crippen MR) is 94.3 cm³/mol. The molecule has 1 saturated carbocycles. The van der Waals surface area contributed by atoms with Gasteiger partial charge in [-0.3, -0.25) is 4.79 Å². The average Bonchev–Trinajstić information content (AvgIpc) is 2.60. The van der Waals surface area contributed by atoms with Crippen molar-refractivity contribution < 1.29 is 9.59 Å². The van der Waals surface area contributed by atoms with Gasteiger partial charge < -0.3 is 16.0 Å². The van der Waals surface area contributed by atoms with E-state index in [1.807, 2.05) is 6.07 Å². The van der Waals surface area contributed by atoms with Crippen LogP contribution in [0.15, 0.2) is 0 Å². The minimum absolute atomic E-state index is 0.0137. The summed E-state index contributed by atoms with van der Waals surface area (Å²) in [6.45, 7) is 2.84. The Hall–Kier alpha value is -1.77. The largest absolute Gasteiger partial charge is 0.343 e. The van der Waals surface area contributed by atoms with Crippen LogP contribution in [0.5, 0.6) is 0 Å². The number of nitrogens with zero attached hydrogens (tertiary/aromatic N) is 1. The van der Waals surface area contributed by atoms with Crippen LogP contribution in [0.4, 0.5) is 4.79 Å². The molecule has 0 heterocycles. The van der Waals surface area contributed by atoms with Crippen LogP contribution >= 0.6 is 0 Å². The van der Waals surface area contributed by atoms with E-state index in [0.717, 1.165) is 38.5 Å². The molecule has 0 aromatic carbocycles. The van der Waals surface area contributed by atoms with E-state index in [9.17, 15) is 9.59 Å². The zero-order chi connectivity index (χ0) is 17.6. The quantitative estimate of drug-likeness (QED) is 0.423. The monoisotopic (exact) mass is 336 g/mol. The molecule has 3 amide bonds. The Morgan fingerprint density at radius 1 is 1.12 bits per heavy atom. The molecular weight excluding hydrogens is 304 g/mol. The standard InChI is InChI=1S/C18H32N4O2/c1-2-3-4-8-12-21-18(24)22-16(14-17(23)20-13-11-19)15-9-6-5-7-10-15/h15-16H,2-10,12-14H2,1H3,(H,20,23)(H2,21,22,24). The first-order chi connectivity index (χ1) is 11.7. The van der Waals surface area contributed by atoms with Crippen molar-refractivity contribution in [2.45, 2.75) is 77.2 Å². The summed E-state index contributed by atoms with van der Waals surface area (Å²) in [5.41, 5.74) is 0. The normalized spacial score (nSPS) is 16.0. The van der Waals surface area contributed by atoms with Crippen LogP contribution in [0.3, 0.4) is 0 Å². The van der Waals surface area contributed by atoms with E-state index in [4.69, 9.17) is 5.26 Å². The molecule has 1 rings (SSSR count). The van der Waals surface area contributed by atoms with Crippen LogP contribution in [0, 0.1) is 17.2 Å². The number of hydrogen-bond acceptors (Lipinski definition) is 3. The third-order valence-electron chi connectivity index (χ3n) is 4.62. The summed E-state index contributed by atoms with van der Waals surface area (Å²) in [6, 6.07) is 1.57. The van der Waals surface area contributed by atoms with Gasteiger partial charge >= 0.3 is 6.03 Å². The minimum Gasteiger partial charge on any atom is -0.343 e. The molecule has 136 valence electrons. The first-order valence-corrected chi connectivity index (χ1v) is 9.35. The maximum atomic E-state index is 12.1. The Morgan fingerprint density at radius 2 is 1.88 bits per heavy atom. The molecule has 1 atom stereocenters. The number of nitrogens with one attached hydrogen (secondary N) is 3. The number of urea groups is 1. The number of rotatable bonds is 10. The summed E-state index contributed by atoms with van der Waals surface area (Å²) < 4.78 is 0. The SMILES string of the molecule is CCCCCCNC(=O)NC(CC(=O)NCC#N)C1CCCCC1. The predicted octanol–water partition coefficient (Wildman–Crippen LogP) is 2.84. The summed E-state index contributed by atoms with van der Waals surface area (Å²) in [4.78, 5) is 24.1. The fourth-order valence-electron chi connectivity index (χ4n) is 3.26. The Labute approximate surface area is 145 Å². The summed E-state index contributed by atoms with van der Waals surface area (Å²) in [5.74, 6) is 0.174. The lowest BCUT2D eigenvalue weighted by atomic mass is 9.82. The van der Waals surface area contributed by atoms with Gasteiger partial charge in [-0.2, -0.15) is 5.26 Å².